The predicted octanol–water partition coefficient (Wildman–Crippen LogP) is 2.32. The highest BCUT2D eigenvalue weighted by molar-refractivity contribution is 5.67. The van der Waals surface area contributed by atoms with E-state index in [9.17, 15) is 4.79 Å². The summed E-state index contributed by atoms with van der Waals surface area (Å²) in [6.07, 6.45) is 5.28. The third-order valence-electron chi connectivity index (χ3n) is 4.21. The van der Waals surface area contributed by atoms with Gasteiger partial charge in [0, 0.05) is 30.5 Å². The van der Waals surface area contributed by atoms with Crippen molar-refractivity contribution in [2.24, 2.45) is 0 Å². The van der Waals surface area contributed by atoms with Gasteiger partial charge in [-0.25, -0.2) is 4.79 Å². The fourth-order valence-electron chi connectivity index (χ4n) is 2.95. The van der Waals surface area contributed by atoms with Crippen molar-refractivity contribution in [1.29, 1.82) is 0 Å². The van der Waals surface area contributed by atoms with E-state index in [4.69, 9.17) is 4.74 Å². The summed E-state index contributed by atoms with van der Waals surface area (Å²) in [5.74, 6) is 0. The van der Waals surface area contributed by atoms with Crippen molar-refractivity contribution in [3.8, 4) is 0 Å². The molecule has 2 N–H and O–H groups in total. The van der Waals surface area contributed by atoms with Crippen LogP contribution in [0.2, 0.25) is 0 Å². The maximum atomic E-state index is 11.8. The van der Waals surface area contributed by atoms with E-state index in [1.165, 1.54) is 0 Å². The molecule has 1 heterocycles. The van der Waals surface area contributed by atoms with Crippen molar-refractivity contribution in [2.75, 3.05) is 0 Å². The van der Waals surface area contributed by atoms with Crippen LogP contribution in [0.15, 0.2) is 48.8 Å². The van der Waals surface area contributed by atoms with Crippen molar-refractivity contribution >= 4 is 6.09 Å². The Morgan fingerprint density at radius 1 is 1.29 bits per heavy atom. The average Bonchev–Trinajstić information content (AvgIpc) is 3.04. The number of carbonyl (C=O) groups excluding carboxylic acids is 1. The third kappa shape index (κ3) is 4.83. The first-order valence-electron chi connectivity index (χ1n) is 8.40. The van der Waals surface area contributed by atoms with E-state index >= 15 is 0 Å². The van der Waals surface area contributed by atoms with Gasteiger partial charge >= 0.3 is 6.09 Å². The fraction of sp³-hybridized carbons (Fsp3) is 0.444. The van der Waals surface area contributed by atoms with Gasteiger partial charge < -0.3 is 15.4 Å². The summed E-state index contributed by atoms with van der Waals surface area (Å²) in [5, 5.41) is 10.7. The van der Waals surface area contributed by atoms with Crippen LogP contribution in [0.3, 0.4) is 0 Å². The fourth-order valence-corrected chi connectivity index (χ4v) is 2.95. The van der Waals surface area contributed by atoms with Crippen molar-refractivity contribution in [3.63, 3.8) is 0 Å². The van der Waals surface area contributed by atoms with Crippen molar-refractivity contribution < 1.29 is 9.53 Å². The molecular formula is C18H24N4O2. The van der Waals surface area contributed by atoms with Crippen LogP contribution < -0.4 is 10.6 Å². The summed E-state index contributed by atoms with van der Waals surface area (Å²) in [5.41, 5.74) is 0.994. The van der Waals surface area contributed by atoms with Gasteiger partial charge in [0.05, 0.1) is 6.54 Å². The zero-order chi connectivity index (χ0) is 16.8. The van der Waals surface area contributed by atoms with Crippen LogP contribution in [-0.4, -0.2) is 34.0 Å². The van der Waals surface area contributed by atoms with E-state index in [2.05, 4.69) is 22.7 Å². The zero-order valence-corrected chi connectivity index (χ0v) is 13.9. The molecule has 1 fully saturated rings. The van der Waals surface area contributed by atoms with E-state index in [0.29, 0.717) is 18.7 Å². The first-order valence-corrected chi connectivity index (χ1v) is 8.40. The Morgan fingerprint density at radius 3 is 2.79 bits per heavy atom. The minimum atomic E-state index is -0.341. The Bertz CT molecular complexity index is 624. The lowest BCUT2D eigenvalue weighted by atomic mass is 9.86. The molecule has 6 heteroatoms. The van der Waals surface area contributed by atoms with Crippen LogP contribution in [-0.2, 0) is 17.9 Å². The average molecular weight is 328 g/mol. The lowest BCUT2D eigenvalue weighted by Crippen LogP contribution is -2.54. The molecule has 3 rings (SSSR count). The molecule has 6 nitrogen and oxygen atoms in total. The monoisotopic (exact) mass is 328 g/mol. The van der Waals surface area contributed by atoms with Gasteiger partial charge in [0.2, 0.25) is 0 Å². The topological polar surface area (TPSA) is 68.2 Å². The second kappa shape index (κ2) is 7.97. The van der Waals surface area contributed by atoms with Crippen LogP contribution >= 0.6 is 0 Å². The van der Waals surface area contributed by atoms with Crippen molar-refractivity contribution in [2.45, 2.75) is 51.0 Å². The Labute approximate surface area is 142 Å². The highest BCUT2D eigenvalue weighted by Crippen LogP contribution is 2.20. The molecule has 1 unspecified atom stereocenters. The van der Waals surface area contributed by atoms with Crippen LogP contribution in [0.1, 0.15) is 25.3 Å². The zero-order valence-electron chi connectivity index (χ0n) is 13.9. The maximum absolute atomic E-state index is 11.8. The van der Waals surface area contributed by atoms with E-state index < -0.39 is 0 Å². The first-order chi connectivity index (χ1) is 11.7. The minimum Gasteiger partial charge on any atom is -0.445 e. The van der Waals surface area contributed by atoms with Crippen LogP contribution in [0.5, 0.6) is 0 Å². The number of aromatic nitrogens is 2. The lowest BCUT2D eigenvalue weighted by molar-refractivity contribution is 0.124. The first kappa shape index (κ1) is 16.5. The van der Waals surface area contributed by atoms with Crippen LogP contribution in [0, 0.1) is 0 Å². The minimum absolute atomic E-state index is 0.197. The Hall–Kier alpha value is -2.34. The molecule has 1 saturated carbocycles. The number of alkyl carbamates (subject to hydrolysis) is 1. The predicted molar refractivity (Wildman–Crippen MR) is 91.4 cm³/mol. The molecule has 1 atom stereocenters. The third-order valence-corrected chi connectivity index (χ3v) is 4.21. The maximum Gasteiger partial charge on any atom is 0.407 e. The van der Waals surface area contributed by atoms with Crippen molar-refractivity contribution in [1.82, 2.24) is 20.4 Å². The van der Waals surface area contributed by atoms with Gasteiger partial charge in [-0.05, 0) is 31.4 Å². The molecule has 24 heavy (non-hydrogen) atoms. The number of ether oxygens (including phenoxy) is 1. The van der Waals surface area contributed by atoms with Crippen LogP contribution in [0.4, 0.5) is 4.79 Å². The van der Waals surface area contributed by atoms with E-state index in [1.807, 2.05) is 47.3 Å². The number of benzene rings is 1. The summed E-state index contributed by atoms with van der Waals surface area (Å²) in [6.45, 7) is 3.30. The number of amides is 1. The lowest BCUT2D eigenvalue weighted by Gasteiger charge is -2.37. The number of nitrogens with zero attached hydrogens (tertiary/aromatic N) is 2. The highest BCUT2D eigenvalue weighted by atomic mass is 16.5. The van der Waals surface area contributed by atoms with Crippen molar-refractivity contribution in [3.05, 3.63) is 54.4 Å². The number of hydrogen-bond acceptors (Lipinski definition) is 4. The van der Waals surface area contributed by atoms with Gasteiger partial charge in [0.15, 0.2) is 0 Å². The van der Waals surface area contributed by atoms with Gasteiger partial charge in [-0.15, -0.1) is 0 Å². The SMILES string of the molecule is CC(Cn1cccn1)NC1CC(NC(=O)OCc2ccccc2)C1. The molecule has 0 aliphatic heterocycles. The van der Waals surface area contributed by atoms with Gasteiger partial charge in [0.1, 0.15) is 6.61 Å². The van der Waals surface area contributed by atoms with Gasteiger partial charge in [-0.1, -0.05) is 30.3 Å². The molecule has 2 aromatic rings. The Balaban J connectivity index is 1.29. The molecule has 0 saturated heterocycles. The Kier molecular flexibility index (Phi) is 5.48. The summed E-state index contributed by atoms with van der Waals surface area (Å²) in [7, 11) is 0. The smallest absolute Gasteiger partial charge is 0.407 e. The molecular weight excluding hydrogens is 304 g/mol. The molecule has 1 aromatic carbocycles. The van der Waals surface area contributed by atoms with E-state index in [-0.39, 0.29) is 12.1 Å². The van der Waals surface area contributed by atoms with Crippen LogP contribution in [0.25, 0.3) is 0 Å². The molecule has 1 aliphatic rings. The number of rotatable bonds is 7. The van der Waals surface area contributed by atoms with Gasteiger partial charge in [-0.3, -0.25) is 4.68 Å². The number of hydrogen-bond donors (Lipinski definition) is 2. The van der Waals surface area contributed by atoms with E-state index in [0.717, 1.165) is 24.9 Å². The largest absolute Gasteiger partial charge is 0.445 e. The summed E-state index contributed by atoms with van der Waals surface area (Å²) >= 11 is 0. The molecule has 128 valence electrons. The Morgan fingerprint density at radius 2 is 2.08 bits per heavy atom. The molecule has 0 radical (unpaired) electrons. The van der Waals surface area contributed by atoms with Gasteiger partial charge in [0.25, 0.3) is 0 Å². The normalized spacial score (nSPS) is 20.9. The van der Waals surface area contributed by atoms with E-state index in [1.54, 1.807) is 6.20 Å². The van der Waals surface area contributed by atoms with Gasteiger partial charge in [-0.2, -0.15) is 5.10 Å². The molecule has 1 aromatic heterocycles. The standard InChI is InChI=1S/C18H24N4O2/c1-14(12-22-9-5-8-19-22)20-16-10-17(11-16)21-18(23)24-13-15-6-3-2-4-7-15/h2-9,14,16-17,20H,10-13H2,1H3,(H,21,23). The summed E-state index contributed by atoms with van der Waals surface area (Å²) in [4.78, 5) is 11.8. The second-order valence-electron chi connectivity index (χ2n) is 6.37. The second-order valence-corrected chi connectivity index (χ2v) is 6.37. The molecule has 1 amide bonds. The quantitative estimate of drug-likeness (QED) is 0.818. The molecule has 0 bridgehead atoms. The summed E-state index contributed by atoms with van der Waals surface area (Å²) < 4.78 is 7.16. The highest BCUT2D eigenvalue weighted by Gasteiger charge is 2.31. The summed E-state index contributed by atoms with van der Waals surface area (Å²) in [6, 6.07) is 12.6. The number of carbonyl (C=O) groups is 1. The number of nitrogens with one attached hydrogen (secondary N) is 2. The molecule has 1 aliphatic carbocycles. The molecule has 0 spiro atoms.